The van der Waals surface area contributed by atoms with Gasteiger partial charge in [-0.05, 0) is 31.2 Å². The van der Waals surface area contributed by atoms with Crippen LogP contribution in [0.3, 0.4) is 0 Å². The molecule has 0 amide bonds. The van der Waals surface area contributed by atoms with Crippen LogP contribution in [0.1, 0.15) is 31.2 Å². The second-order valence-electron chi connectivity index (χ2n) is 4.16. The lowest BCUT2D eigenvalue weighted by molar-refractivity contribution is 0.0277. The number of hydrogen-bond donors (Lipinski definition) is 1. The van der Waals surface area contributed by atoms with E-state index in [2.05, 4.69) is 17.3 Å². The topological polar surface area (TPSA) is 41.8 Å². The summed E-state index contributed by atoms with van der Waals surface area (Å²) in [7, 11) is 0. The molecule has 1 aliphatic carbocycles. The van der Waals surface area contributed by atoms with E-state index in [1.165, 1.54) is 5.56 Å². The lowest BCUT2D eigenvalue weighted by atomic mass is 9.96. The van der Waals surface area contributed by atoms with Crippen LogP contribution in [0.2, 0.25) is 0 Å². The largest absolute Gasteiger partial charge is 0.411 e. The van der Waals surface area contributed by atoms with Crippen LogP contribution < -0.4 is 0 Å². The second kappa shape index (κ2) is 5.66. The van der Waals surface area contributed by atoms with Gasteiger partial charge in [-0.1, -0.05) is 35.5 Å². The maximum absolute atomic E-state index is 8.63. The summed E-state index contributed by atoms with van der Waals surface area (Å²) in [4.78, 5) is 0. The van der Waals surface area contributed by atoms with Gasteiger partial charge in [-0.15, -0.1) is 0 Å². The first-order chi connectivity index (χ1) is 7.88. The first-order valence-electron chi connectivity index (χ1n) is 5.74. The van der Waals surface area contributed by atoms with Crippen molar-refractivity contribution in [1.29, 1.82) is 0 Å². The molecule has 1 aromatic rings. The summed E-state index contributed by atoms with van der Waals surface area (Å²) in [6.07, 6.45) is 3.95. The molecule has 2 rings (SSSR count). The molecule has 0 bridgehead atoms. The van der Waals surface area contributed by atoms with Crippen LogP contribution in [-0.2, 0) is 11.3 Å². The van der Waals surface area contributed by atoms with Crippen molar-refractivity contribution >= 4 is 5.71 Å². The molecule has 3 heteroatoms. The van der Waals surface area contributed by atoms with Crippen LogP contribution in [-0.4, -0.2) is 17.0 Å². The highest BCUT2D eigenvalue weighted by molar-refractivity contribution is 5.84. The maximum atomic E-state index is 8.63. The van der Waals surface area contributed by atoms with E-state index in [4.69, 9.17) is 9.94 Å². The molecule has 0 radical (unpaired) electrons. The van der Waals surface area contributed by atoms with E-state index in [0.29, 0.717) is 12.7 Å². The summed E-state index contributed by atoms with van der Waals surface area (Å²) in [5.41, 5.74) is 2.11. The summed E-state index contributed by atoms with van der Waals surface area (Å²) in [6.45, 7) is 0.678. The number of nitrogens with zero attached hydrogens (tertiary/aromatic N) is 1. The molecule has 0 unspecified atom stereocenters. The predicted molar refractivity (Wildman–Crippen MR) is 62.7 cm³/mol. The molecule has 1 aromatic carbocycles. The van der Waals surface area contributed by atoms with Crippen molar-refractivity contribution in [3.63, 3.8) is 0 Å². The molecule has 3 nitrogen and oxygen atoms in total. The smallest absolute Gasteiger partial charge is 0.0720 e. The Balaban J connectivity index is 1.76. The van der Waals surface area contributed by atoms with E-state index in [9.17, 15) is 0 Å². The molecule has 1 saturated carbocycles. The number of hydrogen-bond acceptors (Lipinski definition) is 3. The van der Waals surface area contributed by atoms with E-state index in [1.54, 1.807) is 0 Å². The second-order valence-corrected chi connectivity index (χ2v) is 4.16. The van der Waals surface area contributed by atoms with Gasteiger partial charge in [0.15, 0.2) is 0 Å². The van der Waals surface area contributed by atoms with Crippen LogP contribution in [0.5, 0.6) is 0 Å². The molecule has 1 N–H and O–H groups in total. The molecule has 0 heterocycles. The Morgan fingerprint density at radius 3 is 2.50 bits per heavy atom. The minimum Gasteiger partial charge on any atom is -0.411 e. The fourth-order valence-electron chi connectivity index (χ4n) is 1.98. The first kappa shape index (κ1) is 11.1. The number of benzene rings is 1. The molecule has 1 aliphatic rings. The minimum atomic E-state index is 0.311. The summed E-state index contributed by atoms with van der Waals surface area (Å²) in [6, 6.07) is 10.2. The fourth-order valence-corrected chi connectivity index (χ4v) is 1.98. The first-order valence-corrected chi connectivity index (χ1v) is 5.74. The quantitative estimate of drug-likeness (QED) is 0.627. The van der Waals surface area contributed by atoms with Crippen molar-refractivity contribution in [2.45, 2.75) is 38.4 Å². The number of ether oxygens (including phenoxy) is 1. The van der Waals surface area contributed by atoms with Gasteiger partial charge in [0.05, 0.1) is 18.4 Å². The van der Waals surface area contributed by atoms with Gasteiger partial charge in [0.1, 0.15) is 0 Å². The third-order valence-corrected chi connectivity index (χ3v) is 2.98. The van der Waals surface area contributed by atoms with Gasteiger partial charge in [0.25, 0.3) is 0 Å². The Hall–Kier alpha value is -1.35. The van der Waals surface area contributed by atoms with Crippen LogP contribution in [0.15, 0.2) is 35.5 Å². The molecule has 0 aliphatic heterocycles. The Bertz CT molecular complexity index is 338. The van der Waals surface area contributed by atoms with Crippen LogP contribution >= 0.6 is 0 Å². The Morgan fingerprint density at radius 2 is 1.88 bits per heavy atom. The fraction of sp³-hybridized carbons (Fsp3) is 0.462. The monoisotopic (exact) mass is 219 g/mol. The molecule has 0 saturated heterocycles. The zero-order valence-electron chi connectivity index (χ0n) is 9.30. The molecule has 1 fully saturated rings. The number of rotatable bonds is 3. The zero-order valence-corrected chi connectivity index (χ0v) is 9.30. The molecular formula is C13H17NO2. The molecule has 16 heavy (non-hydrogen) atoms. The van der Waals surface area contributed by atoms with Crippen molar-refractivity contribution in [3.05, 3.63) is 35.9 Å². The van der Waals surface area contributed by atoms with Gasteiger partial charge < -0.3 is 9.94 Å². The van der Waals surface area contributed by atoms with E-state index in [0.717, 1.165) is 31.4 Å². The van der Waals surface area contributed by atoms with Crippen molar-refractivity contribution in [1.82, 2.24) is 0 Å². The molecular weight excluding hydrogens is 202 g/mol. The van der Waals surface area contributed by atoms with Gasteiger partial charge in [-0.3, -0.25) is 0 Å². The standard InChI is InChI=1S/C13H17NO2/c15-14-12-6-8-13(9-7-12)16-10-11-4-2-1-3-5-11/h1-5,13,15H,6-10H2. The van der Waals surface area contributed by atoms with Gasteiger partial charge in [-0.25, -0.2) is 0 Å². The highest BCUT2D eigenvalue weighted by atomic mass is 16.5. The van der Waals surface area contributed by atoms with E-state index < -0.39 is 0 Å². The van der Waals surface area contributed by atoms with Crippen molar-refractivity contribution in [3.8, 4) is 0 Å². The third-order valence-electron chi connectivity index (χ3n) is 2.98. The van der Waals surface area contributed by atoms with Crippen molar-refractivity contribution in [2.24, 2.45) is 5.16 Å². The Labute approximate surface area is 95.7 Å². The highest BCUT2D eigenvalue weighted by Gasteiger charge is 2.18. The predicted octanol–water partition coefficient (Wildman–Crippen LogP) is 2.98. The maximum Gasteiger partial charge on any atom is 0.0720 e. The SMILES string of the molecule is ON=C1CCC(OCc2ccccc2)CC1. The lowest BCUT2D eigenvalue weighted by Gasteiger charge is -2.22. The Kier molecular flexibility index (Phi) is 3.94. The lowest BCUT2D eigenvalue weighted by Crippen LogP contribution is -2.21. The summed E-state index contributed by atoms with van der Waals surface area (Å²) < 4.78 is 5.83. The molecule has 86 valence electrons. The van der Waals surface area contributed by atoms with Crippen molar-refractivity contribution < 1.29 is 9.94 Å². The van der Waals surface area contributed by atoms with E-state index in [-0.39, 0.29) is 0 Å². The van der Waals surface area contributed by atoms with Gasteiger partial charge in [0, 0.05) is 0 Å². The normalized spacial score (nSPS) is 20.8. The number of oxime groups is 1. The average Bonchev–Trinajstić information content (AvgIpc) is 2.38. The molecule has 0 aromatic heterocycles. The van der Waals surface area contributed by atoms with Gasteiger partial charge in [-0.2, -0.15) is 0 Å². The minimum absolute atomic E-state index is 0.311. The van der Waals surface area contributed by atoms with Crippen molar-refractivity contribution in [2.75, 3.05) is 0 Å². The molecule has 0 atom stereocenters. The van der Waals surface area contributed by atoms with Crippen LogP contribution in [0, 0.1) is 0 Å². The van der Waals surface area contributed by atoms with Gasteiger partial charge >= 0.3 is 0 Å². The average molecular weight is 219 g/mol. The summed E-state index contributed by atoms with van der Waals surface area (Å²) in [5, 5.41) is 11.9. The summed E-state index contributed by atoms with van der Waals surface area (Å²) in [5.74, 6) is 0. The third kappa shape index (κ3) is 3.07. The van der Waals surface area contributed by atoms with Crippen LogP contribution in [0.4, 0.5) is 0 Å². The van der Waals surface area contributed by atoms with Gasteiger partial charge in [0.2, 0.25) is 0 Å². The Morgan fingerprint density at radius 1 is 1.19 bits per heavy atom. The van der Waals surface area contributed by atoms with E-state index in [1.807, 2.05) is 18.2 Å². The highest BCUT2D eigenvalue weighted by Crippen LogP contribution is 2.20. The summed E-state index contributed by atoms with van der Waals surface area (Å²) >= 11 is 0. The van der Waals surface area contributed by atoms with Crippen LogP contribution in [0.25, 0.3) is 0 Å². The molecule has 0 spiro atoms. The van der Waals surface area contributed by atoms with E-state index >= 15 is 0 Å². The zero-order chi connectivity index (χ0) is 11.2.